The van der Waals surface area contributed by atoms with Gasteiger partial charge in [0.15, 0.2) is 5.79 Å². The summed E-state index contributed by atoms with van der Waals surface area (Å²) in [6.45, 7) is 12.4. The molecule has 42 heavy (non-hydrogen) atoms. The summed E-state index contributed by atoms with van der Waals surface area (Å²) in [5.41, 5.74) is -0.475. The number of esters is 1. The Morgan fingerprint density at radius 3 is 2.14 bits per heavy atom. The molecule has 1 aliphatic carbocycles. The molecule has 0 aromatic heterocycles. The first-order chi connectivity index (χ1) is 20.0. The van der Waals surface area contributed by atoms with Crippen molar-refractivity contribution in [2.45, 2.75) is 175 Å². The van der Waals surface area contributed by atoms with E-state index in [0.29, 0.717) is 6.61 Å². The van der Waals surface area contributed by atoms with E-state index >= 15 is 0 Å². The summed E-state index contributed by atoms with van der Waals surface area (Å²) in [5, 5.41) is 6.07. The van der Waals surface area contributed by atoms with Crippen molar-refractivity contribution in [3.05, 3.63) is 0 Å². The highest BCUT2D eigenvalue weighted by atomic mass is 16.7. The third kappa shape index (κ3) is 13.3. The minimum Gasteiger partial charge on any atom is -0.460 e. The van der Waals surface area contributed by atoms with E-state index in [1.54, 1.807) is 13.8 Å². The van der Waals surface area contributed by atoms with Crippen LogP contribution in [-0.4, -0.2) is 55.0 Å². The lowest BCUT2D eigenvalue weighted by Crippen LogP contribution is -2.56. The number of nitrogens with one attached hydrogen (secondary N) is 2. The molecule has 0 aromatic rings. The van der Waals surface area contributed by atoms with Crippen molar-refractivity contribution in [1.82, 2.24) is 10.6 Å². The number of hydrogen-bond donors (Lipinski definition) is 2. The minimum absolute atomic E-state index is 0.00849. The summed E-state index contributed by atoms with van der Waals surface area (Å²) in [7, 11) is 0. The lowest BCUT2D eigenvalue weighted by Gasteiger charge is -2.44. The first-order valence-electron chi connectivity index (χ1n) is 17.1. The standard InChI is InChI=1S/C34H62N2O6/c1-7-9-10-11-12-13-14-15-16-17-20-26(8-2)31(38)36-27-21-18-19-22-28(27)41-29(37)23-24-35-32(39)30-33(3,4)25-40-34(5,6)42-30/h26-28,30H,7-25H2,1-6H3,(H,35,39)(H,36,38)/t26?,27-,28-,30?/m0/s1. The second kappa shape index (κ2) is 18.9. The van der Waals surface area contributed by atoms with Gasteiger partial charge in [-0.3, -0.25) is 14.4 Å². The van der Waals surface area contributed by atoms with Crippen LogP contribution < -0.4 is 10.6 Å². The summed E-state index contributed by atoms with van der Waals surface area (Å²) in [4.78, 5) is 38.7. The zero-order valence-electron chi connectivity index (χ0n) is 27.7. The summed E-state index contributed by atoms with van der Waals surface area (Å²) in [6.07, 6.45) is 17.3. The Labute approximate surface area is 256 Å². The molecule has 4 atom stereocenters. The SMILES string of the molecule is CCCCCCCCCCCCC(CC)C(=O)N[C@H]1CCCC[C@@H]1OC(=O)CCNC(=O)C1OC(C)(C)OCC1(C)C. The predicted octanol–water partition coefficient (Wildman–Crippen LogP) is 6.98. The van der Waals surface area contributed by atoms with Crippen LogP contribution >= 0.6 is 0 Å². The van der Waals surface area contributed by atoms with Crippen molar-refractivity contribution in [1.29, 1.82) is 0 Å². The molecule has 2 aliphatic rings. The van der Waals surface area contributed by atoms with Crippen LogP contribution in [0.1, 0.15) is 151 Å². The zero-order valence-corrected chi connectivity index (χ0v) is 27.7. The Balaban J connectivity index is 1.70. The Kier molecular flexibility index (Phi) is 16.4. The fraction of sp³-hybridized carbons (Fsp3) is 0.912. The van der Waals surface area contributed by atoms with Crippen molar-refractivity contribution in [3.8, 4) is 0 Å². The van der Waals surface area contributed by atoms with Crippen LogP contribution in [-0.2, 0) is 28.6 Å². The molecule has 1 saturated heterocycles. The van der Waals surface area contributed by atoms with E-state index in [9.17, 15) is 14.4 Å². The fourth-order valence-corrected chi connectivity index (χ4v) is 6.03. The highest BCUT2D eigenvalue weighted by Gasteiger charge is 2.45. The third-order valence-electron chi connectivity index (χ3n) is 8.85. The average Bonchev–Trinajstić information content (AvgIpc) is 2.94. The first kappa shape index (κ1) is 36.5. The van der Waals surface area contributed by atoms with Gasteiger partial charge in [-0.05, 0) is 46.0 Å². The molecule has 0 bridgehead atoms. The van der Waals surface area contributed by atoms with Gasteiger partial charge in [-0.25, -0.2) is 0 Å². The summed E-state index contributed by atoms with van der Waals surface area (Å²) in [6, 6.07) is -0.148. The second-order valence-corrected chi connectivity index (χ2v) is 13.7. The summed E-state index contributed by atoms with van der Waals surface area (Å²) in [5.74, 6) is -1.34. The molecule has 8 nitrogen and oxygen atoms in total. The van der Waals surface area contributed by atoms with E-state index in [2.05, 4.69) is 24.5 Å². The van der Waals surface area contributed by atoms with Gasteiger partial charge in [0, 0.05) is 17.9 Å². The highest BCUT2D eigenvalue weighted by molar-refractivity contribution is 5.82. The van der Waals surface area contributed by atoms with Gasteiger partial charge in [-0.1, -0.05) is 98.3 Å². The smallest absolute Gasteiger partial charge is 0.307 e. The van der Waals surface area contributed by atoms with Gasteiger partial charge in [-0.15, -0.1) is 0 Å². The van der Waals surface area contributed by atoms with Crippen LogP contribution in [0.4, 0.5) is 0 Å². The first-order valence-corrected chi connectivity index (χ1v) is 17.1. The molecule has 2 N–H and O–H groups in total. The van der Waals surface area contributed by atoms with Crippen LogP contribution in [0.25, 0.3) is 0 Å². The highest BCUT2D eigenvalue weighted by Crippen LogP contribution is 2.35. The van der Waals surface area contributed by atoms with Gasteiger partial charge >= 0.3 is 5.97 Å². The summed E-state index contributed by atoms with van der Waals surface area (Å²) >= 11 is 0. The van der Waals surface area contributed by atoms with Gasteiger partial charge < -0.3 is 24.8 Å². The molecule has 0 radical (unpaired) electrons. The molecule has 1 aliphatic heterocycles. The van der Waals surface area contributed by atoms with Gasteiger partial charge in [0.2, 0.25) is 11.8 Å². The summed E-state index contributed by atoms with van der Waals surface area (Å²) < 4.78 is 17.4. The number of unbranched alkanes of at least 4 members (excludes halogenated alkanes) is 9. The Morgan fingerprint density at radius 1 is 0.881 bits per heavy atom. The number of carbonyl (C=O) groups is 3. The molecule has 244 valence electrons. The van der Waals surface area contributed by atoms with Crippen LogP contribution in [0.2, 0.25) is 0 Å². The van der Waals surface area contributed by atoms with E-state index in [-0.39, 0.29) is 48.8 Å². The van der Waals surface area contributed by atoms with E-state index in [4.69, 9.17) is 14.2 Å². The average molecular weight is 595 g/mol. The van der Waals surface area contributed by atoms with Crippen LogP contribution in [0.3, 0.4) is 0 Å². The molecule has 2 rings (SSSR count). The molecule has 0 aromatic carbocycles. The van der Waals surface area contributed by atoms with Crippen LogP contribution in [0.15, 0.2) is 0 Å². The van der Waals surface area contributed by atoms with E-state index in [1.807, 2.05) is 13.8 Å². The van der Waals surface area contributed by atoms with E-state index in [1.165, 1.54) is 57.8 Å². The van der Waals surface area contributed by atoms with Crippen molar-refractivity contribution < 1.29 is 28.6 Å². The molecule has 1 saturated carbocycles. The maximum Gasteiger partial charge on any atom is 0.307 e. The van der Waals surface area contributed by atoms with Crippen LogP contribution in [0.5, 0.6) is 0 Å². The number of hydrogen-bond acceptors (Lipinski definition) is 6. The zero-order chi connectivity index (χ0) is 31.0. The second-order valence-electron chi connectivity index (χ2n) is 13.7. The van der Waals surface area contributed by atoms with E-state index < -0.39 is 17.3 Å². The molecule has 0 spiro atoms. The Morgan fingerprint density at radius 2 is 1.50 bits per heavy atom. The van der Waals surface area contributed by atoms with Crippen molar-refractivity contribution in [2.75, 3.05) is 13.2 Å². The maximum absolute atomic E-state index is 13.1. The monoisotopic (exact) mass is 594 g/mol. The molecular weight excluding hydrogens is 532 g/mol. The lowest BCUT2D eigenvalue weighted by molar-refractivity contribution is -0.304. The fourth-order valence-electron chi connectivity index (χ4n) is 6.03. The van der Waals surface area contributed by atoms with E-state index in [0.717, 1.165) is 44.9 Å². The maximum atomic E-state index is 13.1. The largest absolute Gasteiger partial charge is 0.460 e. The molecule has 1 heterocycles. The molecule has 8 heteroatoms. The molecule has 2 fully saturated rings. The lowest BCUT2D eigenvalue weighted by atomic mass is 9.85. The topological polar surface area (TPSA) is 103 Å². The number of carbonyl (C=O) groups excluding carboxylic acids is 3. The number of ether oxygens (including phenoxy) is 3. The van der Waals surface area contributed by atoms with Gasteiger partial charge in [-0.2, -0.15) is 0 Å². The number of rotatable bonds is 19. The van der Waals surface area contributed by atoms with Crippen molar-refractivity contribution in [3.63, 3.8) is 0 Å². The molecule has 2 unspecified atom stereocenters. The normalized spacial score (nSPS) is 24.0. The third-order valence-corrected chi connectivity index (χ3v) is 8.85. The van der Waals surface area contributed by atoms with Gasteiger partial charge in [0.25, 0.3) is 0 Å². The van der Waals surface area contributed by atoms with Crippen LogP contribution in [0, 0.1) is 11.3 Å². The minimum atomic E-state index is -0.832. The predicted molar refractivity (Wildman–Crippen MR) is 167 cm³/mol. The van der Waals surface area contributed by atoms with Gasteiger partial charge in [0.05, 0.1) is 19.1 Å². The quantitative estimate of drug-likeness (QED) is 0.124. The molecular formula is C34H62N2O6. The number of amides is 2. The Hall–Kier alpha value is -1.67. The van der Waals surface area contributed by atoms with Crippen molar-refractivity contribution in [2.24, 2.45) is 11.3 Å². The van der Waals surface area contributed by atoms with Crippen molar-refractivity contribution >= 4 is 17.8 Å². The van der Waals surface area contributed by atoms with Gasteiger partial charge in [0.1, 0.15) is 12.2 Å². The Bertz CT molecular complexity index is 814. The molecule has 2 amide bonds.